The number of anilines is 1. The Morgan fingerprint density at radius 3 is 2.87 bits per heavy atom. The third-order valence-corrected chi connectivity index (χ3v) is 4.02. The van der Waals surface area contributed by atoms with Crippen molar-refractivity contribution in [1.82, 2.24) is 9.78 Å². The number of para-hydroxylation sites is 1. The monoisotopic (exact) mass is 313 g/mol. The van der Waals surface area contributed by atoms with Gasteiger partial charge in [-0.2, -0.15) is 5.10 Å². The third-order valence-electron chi connectivity index (χ3n) is 4.02. The average molecular weight is 313 g/mol. The highest BCUT2D eigenvalue weighted by Crippen LogP contribution is 2.32. The summed E-state index contributed by atoms with van der Waals surface area (Å²) in [5.74, 6) is -0.186. The van der Waals surface area contributed by atoms with E-state index in [0.717, 1.165) is 17.7 Å². The Hall–Kier alpha value is -2.47. The molecular weight excluding hydrogens is 294 g/mol. The molecule has 0 fully saturated rings. The number of ether oxygens (including phenoxy) is 1. The number of methoxy groups -OCH3 is 1. The van der Waals surface area contributed by atoms with Gasteiger partial charge in [-0.15, -0.1) is 0 Å². The summed E-state index contributed by atoms with van der Waals surface area (Å²) in [4.78, 5) is 26.4. The van der Waals surface area contributed by atoms with Crippen LogP contribution < -0.4 is 10.5 Å². The fourth-order valence-corrected chi connectivity index (χ4v) is 2.90. The Bertz CT molecular complexity index is 785. The number of rotatable bonds is 4. The van der Waals surface area contributed by atoms with Crippen LogP contribution in [0.5, 0.6) is 0 Å². The predicted octanol–water partition coefficient (Wildman–Crippen LogP) is 1.48. The number of nitrogens with zero attached hydrogens (tertiary/aromatic N) is 3. The van der Waals surface area contributed by atoms with Crippen molar-refractivity contribution >= 4 is 11.6 Å². The van der Waals surface area contributed by atoms with Gasteiger partial charge in [0.25, 0.3) is 11.5 Å². The molecule has 0 aliphatic carbocycles. The molecule has 23 heavy (non-hydrogen) atoms. The molecule has 0 bridgehead atoms. The topological polar surface area (TPSA) is 64.4 Å². The summed E-state index contributed by atoms with van der Waals surface area (Å²) in [6.45, 7) is 2.70. The molecule has 1 aliphatic rings. The fraction of sp³-hybridized carbons (Fsp3) is 0.353. The van der Waals surface area contributed by atoms with Crippen LogP contribution in [0.25, 0.3) is 0 Å². The molecule has 1 aromatic carbocycles. The fourth-order valence-electron chi connectivity index (χ4n) is 2.90. The van der Waals surface area contributed by atoms with Crippen molar-refractivity contribution in [3.05, 3.63) is 58.0 Å². The predicted molar refractivity (Wildman–Crippen MR) is 86.8 cm³/mol. The van der Waals surface area contributed by atoms with Gasteiger partial charge in [-0.25, -0.2) is 4.68 Å². The minimum Gasteiger partial charge on any atom is -0.383 e. The highest BCUT2D eigenvalue weighted by Gasteiger charge is 2.32. The van der Waals surface area contributed by atoms with Gasteiger partial charge in [-0.05, 0) is 31.0 Å². The average Bonchev–Trinajstić information content (AvgIpc) is 2.89. The SMILES string of the molecule is COCCn1nc(C(=O)N2c3ccccc3C[C@H]2C)ccc1=O. The lowest BCUT2D eigenvalue weighted by molar-refractivity contribution is 0.0973. The Kier molecular flexibility index (Phi) is 4.25. The zero-order valence-corrected chi connectivity index (χ0v) is 13.2. The summed E-state index contributed by atoms with van der Waals surface area (Å²) in [5.41, 5.74) is 2.10. The van der Waals surface area contributed by atoms with E-state index in [1.165, 1.54) is 16.8 Å². The Morgan fingerprint density at radius 2 is 2.09 bits per heavy atom. The first-order valence-corrected chi connectivity index (χ1v) is 7.60. The third kappa shape index (κ3) is 2.90. The van der Waals surface area contributed by atoms with Crippen molar-refractivity contribution in [3.63, 3.8) is 0 Å². The quantitative estimate of drug-likeness (QED) is 0.857. The number of aromatic nitrogens is 2. The molecule has 0 saturated carbocycles. The molecule has 6 nitrogen and oxygen atoms in total. The van der Waals surface area contributed by atoms with Crippen LogP contribution in [0.15, 0.2) is 41.2 Å². The Balaban J connectivity index is 1.93. The second-order valence-electron chi connectivity index (χ2n) is 5.63. The summed E-state index contributed by atoms with van der Waals surface area (Å²) in [6.07, 6.45) is 0.825. The second kappa shape index (κ2) is 6.34. The number of carbonyl (C=O) groups excluding carboxylic acids is 1. The molecular formula is C17H19N3O3. The lowest BCUT2D eigenvalue weighted by Crippen LogP contribution is -2.37. The van der Waals surface area contributed by atoms with Crippen molar-refractivity contribution in [2.24, 2.45) is 0 Å². The van der Waals surface area contributed by atoms with Crippen LogP contribution in [-0.2, 0) is 17.7 Å². The van der Waals surface area contributed by atoms with Gasteiger partial charge in [0.2, 0.25) is 0 Å². The van der Waals surface area contributed by atoms with Gasteiger partial charge in [-0.3, -0.25) is 9.59 Å². The van der Waals surface area contributed by atoms with Crippen LogP contribution in [0.1, 0.15) is 23.0 Å². The molecule has 0 unspecified atom stereocenters. The maximum Gasteiger partial charge on any atom is 0.278 e. The minimum absolute atomic E-state index is 0.0704. The molecule has 1 aliphatic heterocycles. The van der Waals surface area contributed by atoms with Gasteiger partial charge in [-0.1, -0.05) is 18.2 Å². The molecule has 2 heterocycles. The molecule has 1 atom stereocenters. The maximum atomic E-state index is 12.9. The number of hydrogen-bond acceptors (Lipinski definition) is 4. The second-order valence-corrected chi connectivity index (χ2v) is 5.63. The van der Waals surface area contributed by atoms with Gasteiger partial charge in [0, 0.05) is 24.9 Å². The number of carbonyl (C=O) groups is 1. The molecule has 0 N–H and O–H groups in total. The molecule has 120 valence electrons. The first-order chi connectivity index (χ1) is 11.1. The summed E-state index contributed by atoms with van der Waals surface area (Å²) >= 11 is 0. The number of hydrogen-bond donors (Lipinski definition) is 0. The van der Waals surface area contributed by atoms with E-state index in [4.69, 9.17) is 4.74 Å². The summed E-state index contributed by atoms with van der Waals surface area (Å²) in [7, 11) is 1.56. The minimum atomic E-state index is -0.242. The van der Waals surface area contributed by atoms with Crippen LogP contribution in [0, 0.1) is 0 Å². The van der Waals surface area contributed by atoms with Gasteiger partial charge in [0.1, 0.15) is 5.69 Å². The molecule has 0 radical (unpaired) electrons. The van der Waals surface area contributed by atoms with Crippen LogP contribution in [0.3, 0.4) is 0 Å². The van der Waals surface area contributed by atoms with Crippen LogP contribution in [-0.4, -0.2) is 35.4 Å². The van der Waals surface area contributed by atoms with E-state index in [1.807, 2.05) is 31.2 Å². The standard InChI is InChI=1S/C17H19N3O3/c1-12-11-13-5-3-4-6-15(13)20(12)17(22)14-7-8-16(21)19(18-14)9-10-23-2/h3-8,12H,9-11H2,1-2H3/t12-/m1/s1. The van der Waals surface area contributed by atoms with E-state index in [-0.39, 0.29) is 23.2 Å². The molecule has 2 aromatic rings. The van der Waals surface area contributed by atoms with Gasteiger partial charge in [0.15, 0.2) is 0 Å². The number of fused-ring (bicyclic) bond motifs is 1. The van der Waals surface area contributed by atoms with Crippen LogP contribution in [0.4, 0.5) is 5.69 Å². The molecule has 0 spiro atoms. The summed E-state index contributed by atoms with van der Waals surface area (Å²) in [5, 5.41) is 4.19. The molecule has 6 heteroatoms. The van der Waals surface area contributed by atoms with Crippen molar-refractivity contribution < 1.29 is 9.53 Å². The van der Waals surface area contributed by atoms with Crippen molar-refractivity contribution in [3.8, 4) is 0 Å². The van der Waals surface area contributed by atoms with Gasteiger partial charge >= 0.3 is 0 Å². The molecule has 1 amide bonds. The number of amides is 1. The van der Waals surface area contributed by atoms with Crippen LogP contribution >= 0.6 is 0 Å². The van der Waals surface area contributed by atoms with Crippen molar-refractivity contribution in [2.75, 3.05) is 18.6 Å². The highest BCUT2D eigenvalue weighted by molar-refractivity contribution is 6.06. The first-order valence-electron chi connectivity index (χ1n) is 7.60. The van der Waals surface area contributed by atoms with E-state index in [9.17, 15) is 9.59 Å². The maximum absolute atomic E-state index is 12.9. The van der Waals surface area contributed by atoms with E-state index >= 15 is 0 Å². The Labute approximate surface area is 134 Å². The zero-order valence-electron chi connectivity index (χ0n) is 13.2. The highest BCUT2D eigenvalue weighted by atomic mass is 16.5. The van der Waals surface area contributed by atoms with Crippen LogP contribution in [0.2, 0.25) is 0 Å². The molecule has 0 saturated heterocycles. The smallest absolute Gasteiger partial charge is 0.278 e. The lowest BCUT2D eigenvalue weighted by atomic mass is 10.1. The van der Waals surface area contributed by atoms with E-state index in [2.05, 4.69) is 5.10 Å². The van der Waals surface area contributed by atoms with Gasteiger partial charge < -0.3 is 9.64 Å². The normalized spacial score (nSPS) is 16.4. The Morgan fingerprint density at radius 1 is 1.30 bits per heavy atom. The molecule has 1 aromatic heterocycles. The number of benzene rings is 1. The lowest BCUT2D eigenvalue weighted by Gasteiger charge is -2.22. The van der Waals surface area contributed by atoms with E-state index in [1.54, 1.807) is 12.0 Å². The van der Waals surface area contributed by atoms with E-state index < -0.39 is 0 Å². The largest absolute Gasteiger partial charge is 0.383 e. The first kappa shape index (κ1) is 15.4. The molecule has 3 rings (SSSR count). The summed E-state index contributed by atoms with van der Waals surface area (Å²) < 4.78 is 6.24. The zero-order chi connectivity index (χ0) is 16.4. The van der Waals surface area contributed by atoms with E-state index in [0.29, 0.717) is 13.2 Å². The van der Waals surface area contributed by atoms with Gasteiger partial charge in [0.05, 0.1) is 13.2 Å². The van der Waals surface area contributed by atoms with Crippen molar-refractivity contribution in [1.29, 1.82) is 0 Å². The van der Waals surface area contributed by atoms with Crippen molar-refractivity contribution in [2.45, 2.75) is 25.9 Å². The summed E-state index contributed by atoms with van der Waals surface area (Å²) in [6, 6.07) is 10.8.